The molecule has 1 aromatic heterocycles. The molecule has 132 valence electrons. The minimum Gasteiger partial charge on any atom is -0.495 e. The van der Waals surface area contributed by atoms with Crippen LogP contribution >= 0.6 is 0 Å². The third kappa shape index (κ3) is 4.48. The van der Waals surface area contributed by atoms with Gasteiger partial charge in [0.1, 0.15) is 5.75 Å². The molecule has 1 aliphatic rings. The Morgan fingerprint density at radius 3 is 2.68 bits per heavy atom. The SMILES string of the molecule is COc1ccccc1NC(=O)CN1CCN(c2ccnc(C)c2)CC1. The second-order valence-electron chi connectivity index (χ2n) is 6.17. The summed E-state index contributed by atoms with van der Waals surface area (Å²) < 4.78 is 5.27. The van der Waals surface area contributed by atoms with E-state index in [9.17, 15) is 4.79 Å². The topological polar surface area (TPSA) is 57.7 Å². The molecule has 0 atom stereocenters. The number of pyridine rings is 1. The van der Waals surface area contributed by atoms with Crippen molar-refractivity contribution in [2.24, 2.45) is 0 Å². The maximum Gasteiger partial charge on any atom is 0.238 e. The van der Waals surface area contributed by atoms with E-state index in [2.05, 4.69) is 26.2 Å². The highest BCUT2D eigenvalue weighted by atomic mass is 16.5. The third-order valence-electron chi connectivity index (χ3n) is 4.37. The van der Waals surface area contributed by atoms with Crippen molar-refractivity contribution >= 4 is 17.3 Å². The van der Waals surface area contributed by atoms with Gasteiger partial charge >= 0.3 is 0 Å². The number of para-hydroxylation sites is 2. The van der Waals surface area contributed by atoms with Crippen LogP contribution in [0.1, 0.15) is 5.69 Å². The summed E-state index contributed by atoms with van der Waals surface area (Å²) in [6, 6.07) is 11.6. The maximum absolute atomic E-state index is 12.3. The van der Waals surface area contributed by atoms with Gasteiger partial charge in [-0.05, 0) is 31.2 Å². The number of rotatable bonds is 5. The van der Waals surface area contributed by atoms with Crippen LogP contribution in [0.2, 0.25) is 0 Å². The number of aromatic nitrogens is 1. The zero-order chi connectivity index (χ0) is 17.6. The van der Waals surface area contributed by atoms with Crippen molar-refractivity contribution < 1.29 is 9.53 Å². The van der Waals surface area contributed by atoms with E-state index in [1.165, 1.54) is 5.69 Å². The summed E-state index contributed by atoms with van der Waals surface area (Å²) in [5.41, 5.74) is 2.93. The highest BCUT2D eigenvalue weighted by molar-refractivity contribution is 5.93. The van der Waals surface area contributed by atoms with Gasteiger partial charge in [0.05, 0.1) is 19.3 Å². The lowest BCUT2D eigenvalue weighted by Gasteiger charge is -2.35. The molecule has 25 heavy (non-hydrogen) atoms. The third-order valence-corrected chi connectivity index (χ3v) is 4.37. The number of amides is 1. The number of nitrogens with zero attached hydrogens (tertiary/aromatic N) is 3. The molecule has 1 N–H and O–H groups in total. The second-order valence-corrected chi connectivity index (χ2v) is 6.17. The standard InChI is InChI=1S/C19H24N4O2/c1-15-13-16(7-8-20-15)23-11-9-22(10-12-23)14-19(24)21-17-5-3-4-6-18(17)25-2/h3-8,13H,9-12,14H2,1-2H3,(H,21,24). The molecule has 3 rings (SSSR count). The maximum atomic E-state index is 12.3. The van der Waals surface area contributed by atoms with E-state index < -0.39 is 0 Å². The molecule has 1 aliphatic heterocycles. The summed E-state index contributed by atoms with van der Waals surface area (Å²) in [5, 5.41) is 2.93. The predicted molar refractivity (Wildman–Crippen MR) is 99.3 cm³/mol. The summed E-state index contributed by atoms with van der Waals surface area (Å²) in [7, 11) is 1.60. The Kier molecular flexibility index (Phi) is 5.50. The monoisotopic (exact) mass is 340 g/mol. The van der Waals surface area contributed by atoms with Crippen LogP contribution in [0.3, 0.4) is 0 Å². The average molecular weight is 340 g/mol. The molecule has 6 heteroatoms. The lowest BCUT2D eigenvalue weighted by atomic mass is 10.2. The van der Waals surface area contributed by atoms with Gasteiger partial charge in [-0.2, -0.15) is 0 Å². The van der Waals surface area contributed by atoms with E-state index >= 15 is 0 Å². The average Bonchev–Trinajstić information content (AvgIpc) is 2.63. The zero-order valence-electron chi connectivity index (χ0n) is 14.7. The van der Waals surface area contributed by atoms with Crippen LogP contribution < -0.4 is 15.0 Å². The molecule has 1 amide bonds. The largest absolute Gasteiger partial charge is 0.495 e. The highest BCUT2D eigenvalue weighted by Crippen LogP contribution is 2.23. The van der Waals surface area contributed by atoms with Gasteiger partial charge in [0, 0.05) is 43.8 Å². The zero-order valence-corrected chi connectivity index (χ0v) is 14.7. The van der Waals surface area contributed by atoms with Crippen molar-refractivity contribution in [3.05, 3.63) is 48.3 Å². The number of hydrogen-bond donors (Lipinski definition) is 1. The number of carbonyl (C=O) groups is 1. The summed E-state index contributed by atoms with van der Waals surface area (Å²) in [6.45, 7) is 5.93. The number of benzene rings is 1. The molecule has 1 fully saturated rings. The van der Waals surface area contributed by atoms with Gasteiger partial charge in [0.15, 0.2) is 0 Å². The molecule has 0 aliphatic carbocycles. The normalized spacial score (nSPS) is 15.0. The van der Waals surface area contributed by atoms with Crippen molar-refractivity contribution in [1.29, 1.82) is 0 Å². The van der Waals surface area contributed by atoms with Crippen molar-refractivity contribution in [3.63, 3.8) is 0 Å². The Morgan fingerprint density at radius 2 is 1.96 bits per heavy atom. The van der Waals surface area contributed by atoms with Gasteiger partial charge in [-0.15, -0.1) is 0 Å². The van der Waals surface area contributed by atoms with E-state index in [0.29, 0.717) is 18.0 Å². The fourth-order valence-electron chi connectivity index (χ4n) is 3.03. The van der Waals surface area contributed by atoms with Gasteiger partial charge in [0.25, 0.3) is 0 Å². The Hall–Kier alpha value is -2.60. The molecular formula is C19H24N4O2. The van der Waals surface area contributed by atoms with Crippen LogP contribution in [0.15, 0.2) is 42.6 Å². The lowest BCUT2D eigenvalue weighted by Crippen LogP contribution is -2.48. The first-order valence-electron chi connectivity index (χ1n) is 8.48. The molecule has 2 aromatic rings. The van der Waals surface area contributed by atoms with Crippen LogP contribution in [-0.2, 0) is 4.79 Å². The number of nitrogens with one attached hydrogen (secondary N) is 1. The smallest absolute Gasteiger partial charge is 0.238 e. The number of hydrogen-bond acceptors (Lipinski definition) is 5. The first-order valence-corrected chi connectivity index (χ1v) is 8.48. The molecule has 1 saturated heterocycles. The van der Waals surface area contributed by atoms with Crippen molar-refractivity contribution in [1.82, 2.24) is 9.88 Å². The quantitative estimate of drug-likeness (QED) is 0.904. The van der Waals surface area contributed by atoms with Crippen LogP contribution in [0.25, 0.3) is 0 Å². The van der Waals surface area contributed by atoms with E-state index in [4.69, 9.17) is 4.74 Å². The molecule has 6 nitrogen and oxygen atoms in total. The lowest BCUT2D eigenvalue weighted by molar-refractivity contribution is -0.117. The van der Waals surface area contributed by atoms with E-state index in [-0.39, 0.29) is 5.91 Å². The van der Waals surface area contributed by atoms with Gasteiger partial charge in [-0.1, -0.05) is 12.1 Å². The van der Waals surface area contributed by atoms with Crippen molar-refractivity contribution in [2.45, 2.75) is 6.92 Å². The summed E-state index contributed by atoms with van der Waals surface area (Å²) in [6.07, 6.45) is 1.84. The molecule has 0 radical (unpaired) electrons. The predicted octanol–water partition coefficient (Wildman–Crippen LogP) is 2.16. The van der Waals surface area contributed by atoms with E-state index in [1.807, 2.05) is 43.5 Å². The van der Waals surface area contributed by atoms with Gasteiger partial charge in [0.2, 0.25) is 5.91 Å². The molecular weight excluding hydrogens is 316 g/mol. The Labute approximate surface area is 148 Å². The number of piperazine rings is 1. The van der Waals surface area contributed by atoms with Crippen molar-refractivity contribution in [3.8, 4) is 5.75 Å². The minimum absolute atomic E-state index is 0.0160. The second kappa shape index (κ2) is 7.98. The van der Waals surface area contributed by atoms with Crippen molar-refractivity contribution in [2.75, 3.05) is 50.1 Å². The molecule has 0 unspecified atom stereocenters. The van der Waals surface area contributed by atoms with Gasteiger partial charge < -0.3 is 15.0 Å². The minimum atomic E-state index is -0.0160. The van der Waals surface area contributed by atoms with E-state index in [0.717, 1.165) is 31.9 Å². The Bertz CT molecular complexity index is 727. The summed E-state index contributed by atoms with van der Waals surface area (Å²) >= 11 is 0. The van der Waals surface area contributed by atoms with Crippen LogP contribution in [-0.4, -0.2) is 55.6 Å². The first-order chi connectivity index (χ1) is 12.2. The Morgan fingerprint density at radius 1 is 1.20 bits per heavy atom. The first kappa shape index (κ1) is 17.2. The number of ether oxygens (including phenoxy) is 1. The molecule has 0 bridgehead atoms. The fraction of sp³-hybridized carbons (Fsp3) is 0.368. The molecule has 2 heterocycles. The molecule has 0 saturated carbocycles. The van der Waals surface area contributed by atoms with Gasteiger partial charge in [-0.25, -0.2) is 0 Å². The number of aryl methyl sites for hydroxylation is 1. The summed E-state index contributed by atoms with van der Waals surface area (Å²) in [5.74, 6) is 0.659. The van der Waals surface area contributed by atoms with Gasteiger partial charge in [-0.3, -0.25) is 14.7 Å². The molecule has 1 aromatic carbocycles. The van der Waals surface area contributed by atoms with E-state index in [1.54, 1.807) is 7.11 Å². The fourth-order valence-corrected chi connectivity index (χ4v) is 3.03. The highest BCUT2D eigenvalue weighted by Gasteiger charge is 2.19. The Balaban J connectivity index is 1.51. The number of methoxy groups -OCH3 is 1. The van der Waals surface area contributed by atoms with Crippen LogP contribution in [0.4, 0.5) is 11.4 Å². The molecule has 0 spiro atoms. The van der Waals surface area contributed by atoms with Crippen LogP contribution in [0.5, 0.6) is 5.75 Å². The summed E-state index contributed by atoms with van der Waals surface area (Å²) in [4.78, 5) is 21.1. The van der Waals surface area contributed by atoms with Crippen LogP contribution in [0, 0.1) is 6.92 Å². The number of anilines is 2. The number of carbonyl (C=O) groups excluding carboxylic acids is 1.